The average Bonchev–Trinajstić information content (AvgIpc) is 3.02. The standard InChI is InChI=1S/C14H23N3S/c1-14(2,13(15)16)7-8-17(11-5-6-11)10-12-4-3-9-18-12/h3-4,9,11H,5-8,10H2,1-2H3,(H3,15,16). The van der Waals surface area contributed by atoms with Gasteiger partial charge >= 0.3 is 0 Å². The van der Waals surface area contributed by atoms with Crippen LogP contribution in [-0.2, 0) is 6.54 Å². The molecule has 3 nitrogen and oxygen atoms in total. The van der Waals surface area contributed by atoms with Crippen LogP contribution >= 0.6 is 11.3 Å². The fourth-order valence-corrected chi connectivity index (χ4v) is 2.72. The highest BCUT2D eigenvalue weighted by atomic mass is 32.1. The van der Waals surface area contributed by atoms with Crippen LogP contribution in [-0.4, -0.2) is 23.3 Å². The van der Waals surface area contributed by atoms with E-state index in [4.69, 9.17) is 11.1 Å². The zero-order valence-electron chi connectivity index (χ0n) is 11.3. The van der Waals surface area contributed by atoms with Crippen molar-refractivity contribution in [1.29, 1.82) is 5.41 Å². The number of nitrogens with zero attached hydrogens (tertiary/aromatic N) is 1. The maximum Gasteiger partial charge on any atom is 0.0963 e. The highest BCUT2D eigenvalue weighted by molar-refractivity contribution is 7.09. The van der Waals surface area contributed by atoms with Gasteiger partial charge in [-0.15, -0.1) is 11.3 Å². The summed E-state index contributed by atoms with van der Waals surface area (Å²) < 4.78 is 0. The van der Waals surface area contributed by atoms with E-state index in [0.29, 0.717) is 5.84 Å². The number of nitrogens with one attached hydrogen (secondary N) is 1. The van der Waals surface area contributed by atoms with Crippen molar-refractivity contribution in [3.05, 3.63) is 22.4 Å². The molecule has 1 heterocycles. The van der Waals surface area contributed by atoms with Gasteiger partial charge in [0, 0.05) is 22.9 Å². The molecule has 0 atom stereocenters. The maximum absolute atomic E-state index is 7.62. The second-order valence-electron chi connectivity index (χ2n) is 5.83. The van der Waals surface area contributed by atoms with Gasteiger partial charge in [0.05, 0.1) is 5.84 Å². The number of rotatable bonds is 7. The number of nitrogens with two attached hydrogens (primary N) is 1. The van der Waals surface area contributed by atoms with E-state index < -0.39 is 0 Å². The van der Waals surface area contributed by atoms with Gasteiger partial charge in [0.1, 0.15) is 0 Å². The molecule has 0 unspecified atom stereocenters. The van der Waals surface area contributed by atoms with Crippen molar-refractivity contribution in [3.63, 3.8) is 0 Å². The molecule has 0 bridgehead atoms. The zero-order chi connectivity index (χ0) is 13.2. The van der Waals surface area contributed by atoms with Gasteiger partial charge in [0.15, 0.2) is 0 Å². The molecule has 100 valence electrons. The van der Waals surface area contributed by atoms with Gasteiger partial charge in [-0.1, -0.05) is 19.9 Å². The molecule has 1 aromatic rings. The van der Waals surface area contributed by atoms with Gasteiger partial charge in [-0.05, 0) is 37.3 Å². The van der Waals surface area contributed by atoms with Crippen LogP contribution in [0, 0.1) is 10.8 Å². The summed E-state index contributed by atoms with van der Waals surface area (Å²) in [7, 11) is 0. The Morgan fingerprint density at radius 3 is 2.78 bits per heavy atom. The van der Waals surface area contributed by atoms with E-state index in [1.165, 1.54) is 17.7 Å². The Bertz CT molecular complexity index is 393. The lowest BCUT2D eigenvalue weighted by Gasteiger charge is -2.28. The predicted molar refractivity (Wildman–Crippen MR) is 78.1 cm³/mol. The van der Waals surface area contributed by atoms with Crippen molar-refractivity contribution in [1.82, 2.24) is 4.90 Å². The SMILES string of the molecule is CC(C)(CCN(Cc1cccs1)C1CC1)C(=N)N. The molecule has 1 aliphatic carbocycles. The zero-order valence-corrected chi connectivity index (χ0v) is 12.1. The van der Waals surface area contributed by atoms with Crippen LogP contribution in [0.3, 0.4) is 0 Å². The fraction of sp³-hybridized carbons (Fsp3) is 0.643. The third-order valence-electron chi connectivity index (χ3n) is 3.76. The molecule has 0 radical (unpaired) electrons. The average molecular weight is 265 g/mol. The highest BCUT2D eigenvalue weighted by Gasteiger charge is 2.31. The summed E-state index contributed by atoms with van der Waals surface area (Å²) in [5.41, 5.74) is 5.47. The number of amidine groups is 1. The van der Waals surface area contributed by atoms with Gasteiger partial charge in [0.25, 0.3) is 0 Å². The van der Waals surface area contributed by atoms with E-state index in [1.807, 2.05) is 11.3 Å². The molecular formula is C14H23N3S. The van der Waals surface area contributed by atoms with Crippen LogP contribution in [0.15, 0.2) is 17.5 Å². The third-order valence-corrected chi connectivity index (χ3v) is 4.62. The van der Waals surface area contributed by atoms with Crippen LogP contribution in [0.1, 0.15) is 38.0 Å². The molecule has 1 saturated carbocycles. The maximum atomic E-state index is 7.62. The molecule has 2 rings (SSSR count). The quantitative estimate of drug-likeness (QED) is 0.588. The van der Waals surface area contributed by atoms with Crippen LogP contribution < -0.4 is 5.73 Å². The molecule has 0 spiro atoms. The highest BCUT2D eigenvalue weighted by Crippen LogP contribution is 2.31. The van der Waals surface area contributed by atoms with Crippen LogP contribution in [0.25, 0.3) is 0 Å². The molecule has 1 aromatic heterocycles. The summed E-state index contributed by atoms with van der Waals surface area (Å²) in [6.45, 7) is 6.21. The minimum atomic E-state index is -0.178. The smallest absolute Gasteiger partial charge is 0.0963 e. The van der Waals surface area contributed by atoms with Gasteiger partial charge in [0.2, 0.25) is 0 Å². The van der Waals surface area contributed by atoms with Crippen LogP contribution in [0.4, 0.5) is 0 Å². The Hall–Kier alpha value is -0.870. The topological polar surface area (TPSA) is 53.1 Å². The first-order valence-electron chi connectivity index (χ1n) is 6.60. The summed E-state index contributed by atoms with van der Waals surface area (Å²) in [5, 5.41) is 9.76. The van der Waals surface area contributed by atoms with E-state index in [2.05, 4.69) is 36.3 Å². The lowest BCUT2D eigenvalue weighted by Crippen LogP contribution is -2.36. The summed E-state index contributed by atoms with van der Waals surface area (Å²) in [4.78, 5) is 3.99. The number of hydrogen-bond acceptors (Lipinski definition) is 3. The van der Waals surface area contributed by atoms with E-state index in [-0.39, 0.29) is 5.41 Å². The van der Waals surface area contributed by atoms with Crippen LogP contribution in [0.5, 0.6) is 0 Å². The van der Waals surface area contributed by atoms with E-state index >= 15 is 0 Å². The normalized spacial score (nSPS) is 16.2. The summed E-state index contributed by atoms with van der Waals surface area (Å²) in [5.74, 6) is 0.300. The molecule has 4 heteroatoms. The van der Waals surface area contributed by atoms with Crippen molar-refractivity contribution in [2.24, 2.45) is 11.1 Å². The first kappa shape index (κ1) is 13.6. The van der Waals surface area contributed by atoms with Crippen molar-refractivity contribution in [2.45, 2.75) is 45.7 Å². The summed E-state index contributed by atoms with van der Waals surface area (Å²) in [6, 6.07) is 5.08. The molecule has 0 aliphatic heterocycles. The number of hydrogen-bond donors (Lipinski definition) is 2. The van der Waals surface area contributed by atoms with Crippen molar-refractivity contribution in [2.75, 3.05) is 6.54 Å². The molecule has 0 amide bonds. The van der Waals surface area contributed by atoms with E-state index in [1.54, 1.807) is 0 Å². The molecule has 0 saturated heterocycles. The van der Waals surface area contributed by atoms with Crippen molar-refractivity contribution < 1.29 is 0 Å². The van der Waals surface area contributed by atoms with Gasteiger partial charge in [-0.2, -0.15) is 0 Å². The minimum Gasteiger partial charge on any atom is -0.387 e. The Kier molecular flexibility index (Phi) is 4.07. The Morgan fingerprint density at radius 1 is 1.56 bits per heavy atom. The molecular weight excluding hydrogens is 242 g/mol. The van der Waals surface area contributed by atoms with Gasteiger partial charge in [-0.25, -0.2) is 0 Å². The van der Waals surface area contributed by atoms with Crippen molar-refractivity contribution in [3.8, 4) is 0 Å². The molecule has 1 fully saturated rings. The van der Waals surface area contributed by atoms with Crippen LogP contribution in [0.2, 0.25) is 0 Å². The predicted octanol–water partition coefficient (Wildman–Crippen LogP) is 3.06. The summed E-state index contributed by atoms with van der Waals surface area (Å²) in [6.07, 6.45) is 3.61. The van der Waals surface area contributed by atoms with Gasteiger partial charge in [-0.3, -0.25) is 10.3 Å². The molecule has 3 N–H and O–H groups in total. The van der Waals surface area contributed by atoms with Gasteiger partial charge < -0.3 is 5.73 Å². The second kappa shape index (κ2) is 5.41. The number of thiophene rings is 1. The first-order valence-corrected chi connectivity index (χ1v) is 7.48. The first-order chi connectivity index (χ1) is 8.49. The monoisotopic (exact) mass is 265 g/mol. The Morgan fingerprint density at radius 2 is 2.28 bits per heavy atom. The Labute approximate surface area is 114 Å². The lowest BCUT2D eigenvalue weighted by atomic mass is 9.88. The largest absolute Gasteiger partial charge is 0.387 e. The van der Waals surface area contributed by atoms with Crippen molar-refractivity contribution >= 4 is 17.2 Å². The molecule has 1 aliphatic rings. The minimum absolute atomic E-state index is 0.178. The molecule has 0 aromatic carbocycles. The lowest BCUT2D eigenvalue weighted by molar-refractivity contribution is 0.229. The summed E-state index contributed by atoms with van der Waals surface area (Å²) >= 11 is 1.83. The fourth-order valence-electron chi connectivity index (χ4n) is 1.99. The third kappa shape index (κ3) is 3.56. The Balaban J connectivity index is 1.89. The van der Waals surface area contributed by atoms with E-state index in [9.17, 15) is 0 Å². The van der Waals surface area contributed by atoms with E-state index in [0.717, 1.165) is 25.6 Å². The second-order valence-corrected chi connectivity index (χ2v) is 6.86. The molecule has 18 heavy (non-hydrogen) atoms.